The van der Waals surface area contributed by atoms with Crippen molar-refractivity contribution in [1.29, 1.82) is 0 Å². The average Bonchev–Trinajstić information content (AvgIpc) is 2.96. The minimum Gasteiger partial charge on any atom is -0.312 e. The number of aryl methyl sites for hydroxylation is 1. The van der Waals surface area contributed by atoms with E-state index in [1.807, 2.05) is 0 Å². The Morgan fingerprint density at radius 1 is 1.53 bits per heavy atom. The van der Waals surface area contributed by atoms with Crippen LogP contribution in [0.4, 0.5) is 0 Å². The minimum atomic E-state index is -0.121. The van der Waals surface area contributed by atoms with Crippen molar-refractivity contribution in [2.75, 3.05) is 13.1 Å². The molecule has 0 spiro atoms. The van der Waals surface area contributed by atoms with Crippen LogP contribution in [0.5, 0.6) is 0 Å². The van der Waals surface area contributed by atoms with Gasteiger partial charge in [0.2, 0.25) is 5.78 Å². The minimum absolute atomic E-state index is 0.121. The third-order valence-electron chi connectivity index (χ3n) is 3.26. The first-order chi connectivity index (χ1) is 9.29. The Kier molecular flexibility index (Phi) is 3.12. The summed E-state index contributed by atoms with van der Waals surface area (Å²) < 4.78 is 3.47. The van der Waals surface area contributed by atoms with Gasteiger partial charge in [0.05, 0.1) is 12.2 Å². The van der Waals surface area contributed by atoms with Gasteiger partial charge in [0, 0.05) is 25.8 Å². The van der Waals surface area contributed by atoms with Crippen molar-refractivity contribution in [3.05, 3.63) is 29.8 Å². The van der Waals surface area contributed by atoms with E-state index in [-0.39, 0.29) is 5.78 Å². The predicted molar refractivity (Wildman–Crippen MR) is 67.9 cm³/mol. The molecule has 2 aromatic rings. The molecule has 1 aliphatic rings. The van der Waals surface area contributed by atoms with Gasteiger partial charge in [-0.25, -0.2) is 4.68 Å². The highest BCUT2D eigenvalue weighted by Crippen LogP contribution is 2.12. The van der Waals surface area contributed by atoms with Crippen LogP contribution in [0.2, 0.25) is 0 Å². The summed E-state index contributed by atoms with van der Waals surface area (Å²) in [5, 5.41) is 15.3. The molecule has 1 fully saturated rings. The van der Waals surface area contributed by atoms with Crippen molar-refractivity contribution in [2.45, 2.75) is 25.9 Å². The number of nitrogens with one attached hydrogen (secondary N) is 1. The van der Waals surface area contributed by atoms with Crippen molar-refractivity contribution in [3.8, 4) is 0 Å². The molecule has 3 rings (SSSR count). The van der Waals surface area contributed by atoms with E-state index in [0.29, 0.717) is 17.4 Å². The SMILES string of the molecule is CCCn1nccc1C(=O)c1cn(C2CNC2)nn1. The predicted octanol–water partition coefficient (Wildman–Crippen LogP) is 0.260. The van der Waals surface area contributed by atoms with Crippen LogP contribution in [-0.4, -0.2) is 43.6 Å². The maximum absolute atomic E-state index is 12.4. The van der Waals surface area contributed by atoms with Gasteiger partial charge in [-0.05, 0) is 12.5 Å². The molecule has 1 aliphatic heterocycles. The molecule has 0 radical (unpaired) electrons. The second-order valence-electron chi connectivity index (χ2n) is 4.66. The van der Waals surface area contributed by atoms with Crippen LogP contribution in [0.1, 0.15) is 35.6 Å². The molecule has 3 heterocycles. The number of hydrogen-bond donors (Lipinski definition) is 1. The molecule has 0 aliphatic carbocycles. The fourth-order valence-electron chi connectivity index (χ4n) is 2.07. The van der Waals surface area contributed by atoms with Gasteiger partial charge < -0.3 is 5.32 Å². The quantitative estimate of drug-likeness (QED) is 0.780. The van der Waals surface area contributed by atoms with Crippen molar-refractivity contribution < 1.29 is 4.79 Å². The highest BCUT2D eigenvalue weighted by atomic mass is 16.1. The largest absolute Gasteiger partial charge is 0.312 e. The number of ketones is 1. The van der Waals surface area contributed by atoms with Gasteiger partial charge in [-0.15, -0.1) is 5.10 Å². The van der Waals surface area contributed by atoms with Crippen LogP contribution >= 0.6 is 0 Å². The molecule has 100 valence electrons. The fraction of sp³-hybridized carbons (Fsp3) is 0.500. The molecule has 0 aromatic carbocycles. The molecule has 1 N–H and O–H groups in total. The molecule has 0 bridgehead atoms. The summed E-state index contributed by atoms with van der Waals surface area (Å²) in [6, 6.07) is 2.04. The standard InChI is InChI=1S/C12H16N6O/c1-2-5-17-11(3-4-14-17)12(19)10-8-18(16-15-10)9-6-13-7-9/h3-4,8-9,13H,2,5-7H2,1H3. The van der Waals surface area contributed by atoms with Crippen molar-refractivity contribution in [3.63, 3.8) is 0 Å². The Morgan fingerprint density at radius 2 is 2.37 bits per heavy atom. The Labute approximate surface area is 110 Å². The summed E-state index contributed by atoms with van der Waals surface area (Å²) in [7, 11) is 0. The third-order valence-corrected chi connectivity index (χ3v) is 3.26. The van der Waals surface area contributed by atoms with E-state index in [2.05, 4.69) is 27.7 Å². The van der Waals surface area contributed by atoms with Crippen LogP contribution in [0.3, 0.4) is 0 Å². The lowest BCUT2D eigenvalue weighted by Crippen LogP contribution is -2.43. The van der Waals surface area contributed by atoms with E-state index >= 15 is 0 Å². The zero-order valence-corrected chi connectivity index (χ0v) is 10.8. The summed E-state index contributed by atoms with van der Waals surface area (Å²) in [4.78, 5) is 12.4. The molecular formula is C12H16N6O. The summed E-state index contributed by atoms with van der Waals surface area (Å²) in [5.41, 5.74) is 0.949. The van der Waals surface area contributed by atoms with Crippen LogP contribution in [0.25, 0.3) is 0 Å². The number of aromatic nitrogens is 5. The summed E-state index contributed by atoms with van der Waals surface area (Å²) in [6.07, 6.45) is 4.29. The van der Waals surface area contributed by atoms with Gasteiger partial charge in [0.25, 0.3) is 0 Å². The van der Waals surface area contributed by atoms with E-state index in [9.17, 15) is 4.79 Å². The summed E-state index contributed by atoms with van der Waals surface area (Å²) in [6.45, 7) is 4.54. The van der Waals surface area contributed by atoms with Crippen molar-refractivity contribution in [1.82, 2.24) is 30.1 Å². The van der Waals surface area contributed by atoms with Crippen LogP contribution < -0.4 is 5.32 Å². The lowest BCUT2D eigenvalue weighted by Gasteiger charge is -2.26. The number of carbonyl (C=O) groups is 1. The maximum atomic E-state index is 12.4. The summed E-state index contributed by atoms with van der Waals surface area (Å²) in [5.74, 6) is -0.121. The van der Waals surface area contributed by atoms with Gasteiger partial charge in [0.15, 0.2) is 5.69 Å². The average molecular weight is 260 g/mol. The van der Waals surface area contributed by atoms with Gasteiger partial charge >= 0.3 is 0 Å². The zero-order chi connectivity index (χ0) is 13.2. The molecule has 0 unspecified atom stereocenters. The molecule has 0 amide bonds. The van der Waals surface area contributed by atoms with Gasteiger partial charge in [-0.1, -0.05) is 12.1 Å². The molecule has 0 saturated carbocycles. The number of nitrogens with zero attached hydrogens (tertiary/aromatic N) is 5. The Bertz CT molecular complexity index is 583. The molecule has 0 atom stereocenters. The van der Waals surface area contributed by atoms with Gasteiger partial charge in [-0.3, -0.25) is 9.48 Å². The highest BCUT2D eigenvalue weighted by molar-refractivity contribution is 6.06. The van der Waals surface area contributed by atoms with E-state index in [4.69, 9.17) is 0 Å². The van der Waals surface area contributed by atoms with Crippen LogP contribution in [-0.2, 0) is 6.54 Å². The lowest BCUT2D eigenvalue weighted by atomic mass is 10.2. The second-order valence-corrected chi connectivity index (χ2v) is 4.66. The lowest BCUT2D eigenvalue weighted by molar-refractivity contribution is 0.102. The van der Waals surface area contributed by atoms with Gasteiger partial charge in [-0.2, -0.15) is 5.10 Å². The number of rotatable bonds is 5. The topological polar surface area (TPSA) is 77.6 Å². The van der Waals surface area contributed by atoms with Crippen LogP contribution in [0.15, 0.2) is 18.5 Å². The molecule has 2 aromatic heterocycles. The number of hydrogen-bond acceptors (Lipinski definition) is 5. The molecular weight excluding hydrogens is 244 g/mol. The highest BCUT2D eigenvalue weighted by Gasteiger charge is 2.23. The molecule has 1 saturated heterocycles. The van der Waals surface area contributed by atoms with E-state index < -0.39 is 0 Å². The molecule has 19 heavy (non-hydrogen) atoms. The van der Waals surface area contributed by atoms with E-state index in [0.717, 1.165) is 26.1 Å². The second kappa shape index (κ2) is 4.93. The maximum Gasteiger partial charge on any atom is 0.232 e. The van der Waals surface area contributed by atoms with Gasteiger partial charge in [0.1, 0.15) is 5.69 Å². The first-order valence-electron chi connectivity index (χ1n) is 6.48. The Hall–Kier alpha value is -2.02. The molecule has 7 nitrogen and oxygen atoms in total. The molecule has 7 heteroatoms. The van der Waals surface area contributed by atoms with E-state index in [1.165, 1.54) is 0 Å². The Morgan fingerprint density at radius 3 is 3.05 bits per heavy atom. The normalized spacial score (nSPS) is 15.4. The number of carbonyl (C=O) groups excluding carboxylic acids is 1. The zero-order valence-electron chi connectivity index (χ0n) is 10.8. The smallest absolute Gasteiger partial charge is 0.232 e. The third kappa shape index (κ3) is 2.17. The monoisotopic (exact) mass is 260 g/mol. The first-order valence-corrected chi connectivity index (χ1v) is 6.48. The van der Waals surface area contributed by atoms with E-state index in [1.54, 1.807) is 27.8 Å². The van der Waals surface area contributed by atoms with Crippen molar-refractivity contribution in [2.24, 2.45) is 0 Å². The van der Waals surface area contributed by atoms with Crippen molar-refractivity contribution >= 4 is 5.78 Å². The first kappa shape index (κ1) is 12.0. The summed E-state index contributed by atoms with van der Waals surface area (Å²) >= 11 is 0. The fourth-order valence-corrected chi connectivity index (χ4v) is 2.07. The Balaban J connectivity index is 1.82. The van der Waals surface area contributed by atoms with Crippen LogP contribution in [0, 0.1) is 0 Å².